The second kappa shape index (κ2) is 13.5. The van der Waals surface area contributed by atoms with E-state index in [4.69, 9.17) is 18.9 Å². The van der Waals surface area contributed by atoms with Crippen molar-refractivity contribution in [2.45, 2.75) is 32.6 Å². The Morgan fingerprint density at radius 3 is 2.24 bits per heavy atom. The lowest BCUT2D eigenvalue weighted by Crippen LogP contribution is -2.10. The zero-order valence-corrected chi connectivity index (χ0v) is 20.5. The highest BCUT2D eigenvalue weighted by Gasteiger charge is 2.11. The number of aromatic nitrogens is 3. The van der Waals surface area contributed by atoms with Crippen LogP contribution < -0.4 is 18.9 Å². The summed E-state index contributed by atoms with van der Waals surface area (Å²) >= 11 is 3.54. The van der Waals surface area contributed by atoms with Crippen molar-refractivity contribution in [3.05, 3.63) is 59.1 Å². The first-order valence-corrected chi connectivity index (χ1v) is 11.7. The van der Waals surface area contributed by atoms with Crippen molar-refractivity contribution in [1.82, 2.24) is 14.9 Å². The Morgan fingerprint density at radius 2 is 1.58 bits per heavy atom. The molecule has 1 heterocycles. The van der Waals surface area contributed by atoms with Crippen molar-refractivity contribution in [3.8, 4) is 23.0 Å². The Kier molecular flexibility index (Phi) is 10.0. The Labute approximate surface area is 202 Å². The summed E-state index contributed by atoms with van der Waals surface area (Å²) < 4.78 is 25.2. The van der Waals surface area contributed by atoms with Crippen LogP contribution >= 0.6 is 15.9 Å². The van der Waals surface area contributed by atoms with Gasteiger partial charge in [0.1, 0.15) is 37.4 Å². The lowest BCUT2D eigenvalue weighted by molar-refractivity contribution is 0.210. The molecule has 0 spiro atoms. The van der Waals surface area contributed by atoms with Crippen LogP contribution in [0.25, 0.3) is 0 Å². The summed E-state index contributed by atoms with van der Waals surface area (Å²) in [6.07, 6.45) is 9.47. The zero-order valence-electron chi connectivity index (χ0n) is 18.9. The van der Waals surface area contributed by atoms with Gasteiger partial charge in [-0.15, -0.1) is 10.2 Å². The van der Waals surface area contributed by atoms with Gasteiger partial charge in [-0.05, 0) is 64.3 Å². The van der Waals surface area contributed by atoms with E-state index < -0.39 is 0 Å². The number of hydrogen-bond acceptors (Lipinski definition) is 7. The molecule has 8 nitrogen and oxygen atoms in total. The predicted octanol–water partition coefficient (Wildman–Crippen LogP) is 5.35. The molecule has 0 radical (unpaired) electrons. The molecule has 176 valence electrons. The van der Waals surface area contributed by atoms with Crippen LogP contribution in [0.2, 0.25) is 0 Å². The van der Waals surface area contributed by atoms with Crippen molar-refractivity contribution in [3.63, 3.8) is 0 Å². The predicted molar refractivity (Wildman–Crippen MR) is 131 cm³/mol. The molecule has 0 aliphatic rings. The number of halogens is 1. The second-order valence-corrected chi connectivity index (χ2v) is 8.05. The van der Waals surface area contributed by atoms with E-state index >= 15 is 0 Å². The SMILES string of the molecule is CCCCCCOc1ccc(OCCOc2c(Br)cc(/C=N\n3cnnc3)cc2OC)cc1. The maximum absolute atomic E-state index is 5.90. The average Bonchev–Trinajstić information content (AvgIpc) is 3.35. The minimum Gasteiger partial charge on any atom is -0.494 e. The van der Waals surface area contributed by atoms with E-state index in [0.29, 0.717) is 24.7 Å². The van der Waals surface area contributed by atoms with E-state index in [2.05, 4.69) is 38.2 Å². The molecule has 0 aliphatic carbocycles. The maximum Gasteiger partial charge on any atom is 0.175 e. The highest BCUT2D eigenvalue weighted by molar-refractivity contribution is 9.10. The van der Waals surface area contributed by atoms with Gasteiger partial charge in [-0.2, -0.15) is 5.10 Å². The Hall–Kier alpha value is -3.07. The minimum atomic E-state index is 0.360. The molecule has 0 N–H and O–H groups in total. The molecule has 1 aromatic heterocycles. The van der Waals surface area contributed by atoms with Crippen molar-refractivity contribution in [2.24, 2.45) is 5.10 Å². The Morgan fingerprint density at radius 1 is 0.909 bits per heavy atom. The summed E-state index contributed by atoms with van der Waals surface area (Å²) in [5.74, 6) is 2.82. The fraction of sp³-hybridized carbons (Fsp3) is 0.375. The van der Waals surface area contributed by atoms with Gasteiger partial charge in [0.25, 0.3) is 0 Å². The van der Waals surface area contributed by atoms with Gasteiger partial charge in [0.2, 0.25) is 0 Å². The van der Waals surface area contributed by atoms with Gasteiger partial charge in [-0.3, -0.25) is 0 Å². The van der Waals surface area contributed by atoms with E-state index in [1.54, 1.807) is 13.3 Å². The van der Waals surface area contributed by atoms with Crippen LogP contribution in [0.15, 0.2) is 58.6 Å². The summed E-state index contributed by atoms with van der Waals surface area (Å²) in [5.41, 5.74) is 0.837. The molecule has 0 atom stereocenters. The smallest absolute Gasteiger partial charge is 0.175 e. The topological polar surface area (TPSA) is 80.0 Å². The van der Waals surface area contributed by atoms with Crippen molar-refractivity contribution >= 4 is 22.1 Å². The molecule has 0 aliphatic heterocycles. The average molecular weight is 517 g/mol. The van der Waals surface area contributed by atoms with Crippen LogP contribution in [0.3, 0.4) is 0 Å². The van der Waals surface area contributed by atoms with E-state index in [1.165, 1.54) is 36.6 Å². The summed E-state index contributed by atoms with van der Waals surface area (Å²) in [6, 6.07) is 11.4. The molecule has 3 aromatic rings. The van der Waals surface area contributed by atoms with Crippen molar-refractivity contribution in [1.29, 1.82) is 0 Å². The van der Waals surface area contributed by atoms with Crippen LogP contribution in [0.4, 0.5) is 0 Å². The van der Waals surface area contributed by atoms with Crippen LogP contribution in [0.1, 0.15) is 38.2 Å². The quantitative estimate of drug-likeness (QED) is 0.212. The van der Waals surface area contributed by atoms with Gasteiger partial charge in [-0.25, -0.2) is 4.68 Å². The molecule has 0 amide bonds. The second-order valence-electron chi connectivity index (χ2n) is 7.20. The summed E-state index contributed by atoms with van der Waals surface area (Å²) in [7, 11) is 1.60. The van der Waals surface area contributed by atoms with Crippen LogP contribution in [-0.2, 0) is 0 Å². The van der Waals surface area contributed by atoms with E-state index in [9.17, 15) is 0 Å². The summed E-state index contributed by atoms with van der Waals surface area (Å²) in [6.45, 7) is 3.70. The summed E-state index contributed by atoms with van der Waals surface area (Å²) in [5, 5.41) is 11.7. The normalized spacial score (nSPS) is 11.0. The molecule has 9 heteroatoms. The first kappa shape index (κ1) is 24.6. The molecule has 3 rings (SSSR count). The van der Waals surface area contributed by atoms with Gasteiger partial charge in [0, 0.05) is 0 Å². The Balaban J connectivity index is 1.46. The third-order valence-electron chi connectivity index (χ3n) is 4.69. The highest BCUT2D eigenvalue weighted by Crippen LogP contribution is 2.36. The number of unbranched alkanes of at least 4 members (excludes halogenated alkanes) is 3. The van der Waals surface area contributed by atoms with E-state index in [1.807, 2.05) is 36.4 Å². The molecular formula is C24H29BrN4O4. The van der Waals surface area contributed by atoms with E-state index in [0.717, 1.165) is 34.6 Å². The number of ether oxygens (including phenoxy) is 4. The minimum absolute atomic E-state index is 0.360. The van der Waals surface area contributed by atoms with Gasteiger partial charge < -0.3 is 18.9 Å². The molecule has 0 saturated heterocycles. The highest BCUT2D eigenvalue weighted by atomic mass is 79.9. The van der Waals surface area contributed by atoms with Crippen molar-refractivity contribution < 1.29 is 18.9 Å². The zero-order chi connectivity index (χ0) is 23.3. The molecule has 0 bridgehead atoms. The largest absolute Gasteiger partial charge is 0.494 e. The summed E-state index contributed by atoms with van der Waals surface area (Å²) in [4.78, 5) is 0. The number of nitrogens with zero attached hydrogens (tertiary/aromatic N) is 4. The molecule has 0 unspecified atom stereocenters. The fourth-order valence-corrected chi connectivity index (χ4v) is 3.57. The van der Waals surface area contributed by atoms with Crippen LogP contribution in [0, 0.1) is 0 Å². The third-order valence-corrected chi connectivity index (χ3v) is 5.28. The first-order valence-electron chi connectivity index (χ1n) is 10.9. The van der Waals surface area contributed by atoms with Gasteiger partial charge >= 0.3 is 0 Å². The monoisotopic (exact) mass is 516 g/mol. The molecular weight excluding hydrogens is 488 g/mol. The number of rotatable bonds is 14. The molecule has 0 fully saturated rings. The van der Waals surface area contributed by atoms with E-state index in [-0.39, 0.29) is 0 Å². The molecule has 33 heavy (non-hydrogen) atoms. The molecule has 2 aromatic carbocycles. The number of benzene rings is 2. The number of hydrogen-bond donors (Lipinski definition) is 0. The van der Waals surface area contributed by atoms with Crippen LogP contribution in [0.5, 0.6) is 23.0 Å². The lowest BCUT2D eigenvalue weighted by Gasteiger charge is -2.14. The fourth-order valence-electron chi connectivity index (χ4n) is 3.00. The van der Waals surface area contributed by atoms with Crippen molar-refractivity contribution in [2.75, 3.05) is 26.9 Å². The third kappa shape index (κ3) is 8.09. The number of methoxy groups -OCH3 is 1. The van der Waals surface area contributed by atoms with Gasteiger partial charge in [0.15, 0.2) is 11.5 Å². The Bertz CT molecular complexity index is 994. The van der Waals surface area contributed by atoms with Gasteiger partial charge in [-0.1, -0.05) is 26.2 Å². The lowest BCUT2D eigenvalue weighted by atomic mass is 10.2. The van der Waals surface area contributed by atoms with Crippen LogP contribution in [-0.4, -0.2) is 48.0 Å². The molecule has 0 saturated carbocycles. The first-order chi connectivity index (χ1) is 16.2. The standard InChI is InChI=1S/C24H29BrN4O4/c1-3-4-5-6-11-31-20-7-9-21(10-8-20)32-12-13-33-24-22(25)14-19(15-23(24)30-2)16-28-29-17-26-27-18-29/h7-10,14-18H,3-6,11-13H2,1-2H3/b28-16-. The van der Waals surface area contributed by atoms with Gasteiger partial charge in [0.05, 0.1) is 24.4 Å². The maximum atomic E-state index is 5.90.